The van der Waals surface area contributed by atoms with E-state index in [1.165, 1.54) is 28.5 Å². The molecule has 0 unspecified atom stereocenters. The van der Waals surface area contributed by atoms with Gasteiger partial charge in [-0.15, -0.1) is 5.10 Å². The number of thioether (sulfide) groups is 2. The second kappa shape index (κ2) is 10.7. The van der Waals surface area contributed by atoms with Crippen molar-refractivity contribution < 1.29 is 9.53 Å². The molecule has 0 bridgehead atoms. The van der Waals surface area contributed by atoms with Crippen LogP contribution in [0.15, 0.2) is 70.3 Å². The summed E-state index contributed by atoms with van der Waals surface area (Å²) in [6.07, 6.45) is 1.70. The fourth-order valence-electron chi connectivity index (χ4n) is 3.37. The van der Waals surface area contributed by atoms with Crippen LogP contribution in [0.2, 0.25) is 0 Å². The van der Waals surface area contributed by atoms with Gasteiger partial charge in [0, 0.05) is 24.5 Å². The fraction of sp³-hybridized carbons (Fsp3) is 0.250. The molecule has 0 aliphatic carbocycles. The number of carbonyl (C=O) groups excluding carboxylic acids is 1. The van der Waals surface area contributed by atoms with Gasteiger partial charge in [0.15, 0.2) is 10.2 Å². The molecular weight excluding hydrogens is 454 g/mol. The highest BCUT2D eigenvalue weighted by atomic mass is 32.2. The molecule has 4 rings (SSSR count). The van der Waals surface area contributed by atoms with Gasteiger partial charge in [-0.2, -0.15) is 10.0 Å². The molecule has 0 saturated heterocycles. The van der Waals surface area contributed by atoms with Crippen molar-refractivity contribution in [2.75, 3.05) is 30.3 Å². The van der Waals surface area contributed by atoms with E-state index in [4.69, 9.17) is 10.1 Å². The van der Waals surface area contributed by atoms with Crippen molar-refractivity contribution in [1.29, 1.82) is 5.41 Å². The first-order chi connectivity index (χ1) is 16.1. The Labute approximate surface area is 202 Å². The Morgan fingerprint density at radius 1 is 1.12 bits per heavy atom. The van der Waals surface area contributed by atoms with Crippen LogP contribution in [0.3, 0.4) is 0 Å². The van der Waals surface area contributed by atoms with Gasteiger partial charge in [-0.05, 0) is 61.5 Å². The van der Waals surface area contributed by atoms with Crippen LogP contribution >= 0.6 is 23.5 Å². The number of carbonyl (C=O) groups is 1. The predicted octanol–water partition coefficient (Wildman–Crippen LogP) is 4.92. The van der Waals surface area contributed by atoms with Gasteiger partial charge in [-0.25, -0.2) is 0 Å². The maximum absolute atomic E-state index is 12.6. The van der Waals surface area contributed by atoms with Crippen LogP contribution in [-0.2, 0) is 4.79 Å². The molecule has 1 N–H and O–H groups in total. The van der Waals surface area contributed by atoms with Gasteiger partial charge in [0.25, 0.3) is 5.91 Å². The first kappa shape index (κ1) is 23.1. The molecule has 0 spiro atoms. The number of rotatable bonds is 8. The first-order valence-corrected chi connectivity index (χ1v) is 12.5. The maximum Gasteiger partial charge on any atom is 0.283 e. The average molecular weight is 480 g/mol. The minimum Gasteiger partial charge on any atom is -0.493 e. The SMILES string of the molecule is CCN(CC)c1ccc(C=C2C(=N)N3N=C(SCCOc4ccccc4)SC3=NC2=O)cc1. The molecule has 0 fully saturated rings. The summed E-state index contributed by atoms with van der Waals surface area (Å²) in [6, 6.07) is 17.6. The Morgan fingerprint density at radius 3 is 2.55 bits per heavy atom. The van der Waals surface area contributed by atoms with Crippen molar-refractivity contribution in [2.24, 2.45) is 10.1 Å². The van der Waals surface area contributed by atoms with E-state index in [2.05, 4.69) is 28.8 Å². The van der Waals surface area contributed by atoms with Crippen molar-refractivity contribution in [2.45, 2.75) is 13.8 Å². The Kier molecular flexibility index (Phi) is 7.51. The van der Waals surface area contributed by atoms with Crippen molar-refractivity contribution in [3.63, 3.8) is 0 Å². The lowest BCUT2D eigenvalue weighted by molar-refractivity contribution is -0.114. The number of para-hydroxylation sites is 1. The number of aliphatic imine (C=N–C) groups is 1. The monoisotopic (exact) mass is 479 g/mol. The third-order valence-electron chi connectivity index (χ3n) is 5.09. The normalized spacial score (nSPS) is 16.5. The molecule has 0 radical (unpaired) electrons. The average Bonchev–Trinajstić information content (AvgIpc) is 3.25. The molecular formula is C24H25N5O2S2. The molecule has 1 amide bonds. The largest absolute Gasteiger partial charge is 0.493 e. The first-order valence-electron chi connectivity index (χ1n) is 10.7. The second-order valence-electron chi connectivity index (χ2n) is 7.16. The molecule has 0 atom stereocenters. The predicted molar refractivity (Wildman–Crippen MR) is 139 cm³/mol. The highest BCUT2D eigenvalue weighted by Crippen LogP contribution is 2.32. The summed E-state index contributed by atoms with van der Waals surface area (Å²) >= 11 is 2.83. The smallest absolute Gasteiger partial charge is 0.283 e. The zero-order chi connectivity index (χ0) is 23.2. The Morgan fingerprint density at radius 2 is 1.85 bits per heavy atom. The molecule has 2 aromatic carbocycles. The summed E-state index contributed by atoms with van der Waals surface area (Å²) in [5.41, 5.74) is 2.21. The van der Waals surface area contributed by atoms with Crippen LogP contribution in [0.5, 0.6) is 5.75 Å². The molecule has 7 nitrogen and oxygen atoms in total. The number of hydrogen-bond acceptors (Lipinski definition) is 7. The molecule has 33 heavy (non-hydrogen) atoms. The molecule has 0 aromatic heterocycles. The Balaban J connectivity index is 1.40. The summed E-state index contributed by atoms with van der Waals surface area (Å²) < 4.78 is 6.45. The third-order valence-corrected chi connectivity index (χ3v) is 7.10. The Bertz CT molecular complexity index is 1110. The van der Waals surface area contributed by atoms with Crippen LogP contribution in [0.1, 0.15) is 19.4 Å². The summed E-state index contributed by atoms with van der Waals surface area (Å²) in [6.45, 7) is 6.64. The standard InChI is InChI=1S/C24H25N5O2S2/c1-3-28(4-2)18-12-10-17(11-13-18)16-20-21(25)29-23(26-22(20)30)33-24(27-29)32-15-14-31-19-8-6-5-7-9-19/h5-13,16,25H,3-4,14-15H2,1-2H3. The van der Waals surface area contributed by atoms with E-state index in [1.807, 2.05) is 54.6 Å². The quantitative estimate of drug-likeness (QED) is 0.427. The fourth-order valence-corrected chi connectivity index (χ4v) is 5.19. The van der Waals surface area contributed by atoms with Crippen LogP contribution in [0.25, 0.3) is 6.08 Å². The van der Waals surface area contributed by atoms with E-state index < -0.39 is 5.91 Å². The molecule has 9 heteroatoms. The number of amides is 1. The number of hydrogen-bond donors (Lipinski definition) is 1. The second-order valence-corrected chi connectivity index (χ2v) is 9.46. The molecule has 170 valence electrons. The van der Waals surface area contributed by atoms with E-state index in [9.17, 15) is 4.79 Å². The minimum absolute atomic E-state index is 0.0430. The number of ether oxygens (including phenoxy) is 1. The number of amidine groups is 2. The molecule has 0 saturated carbocycles. The van der Waals surface area contributed by atoms with Crippen molar-refractivity contribution in [1.82, 2.24) is 5.01 Å². The van der Waals surface area contributed by atoms with Gasteiger partial charge in [-0.3, -0.25) is 10.2 Å². The van der Waals surface area contributed by atoms with Crippen molar-refractivity contribution in [3.8, 4) is 5.75 Å². The van der Waals surface area contributed by atoms with Crippen LogP contribution in [0.4, 0.5) is 5.69 Å². The lowest BCUT2D eigenvalue weighted by Crippen LogP contribution is -2.35. The van der Waals surface area contributed by atoms with Crippen LogP contribution in [0, 0.1) is 5.41 Å². The number of nitrogens with one attached hydrogen (secondary N) is 1. The molecule has 2 aromatic rings. The summed E-state index contributed by atoms with van der Waals surface area (Å²) in [5.74, 6) is 1.15. The highest BCUT2D eigenvalue weighted by Gasteiger charge is 2.35. The zero-order valence-electron chi connectivity index (χ0n) is 18.5. The molecule has 2 aliphatic heterocycles. The van der Waals surface area contributed by atoms with Gasteiger partial charge in [0.05, 0.1) is 12.2 Å². The number of nitrogens with zero attached hydrogens (tertiary/aromatic N) is 4. The van der Waals surface area contributed by atoms with Crippen molar-refractivity contribution >= 4 is 56.6 Å². The molecule has 2 heterocycles. The van der Waals surface area contributed by atoms with Crippen LogP contribution < -0.4 is 9.64 Å². The lowest BCUT2D eigenvalue weighted by Gasteiger charge is -2.21. The van der Waals surface area contributed by atoms with Crippen molar-refractivity contribution in [3.05, 3.63) is 65.7 Å². The number of benzene rings is 2. The van der Waals surface area contributed by atoms with Gasteiger partial charge in [-0.1, -0.05) is 42.1 Å². The summed E-state index contributed by atoms with van der Waals surface area (Å²) in [4.78, 5) is 19.0. The number of fused-ring (bicyclic) bond motifs is 1. The van der Waals surface area contributed by atoms with E-state index >= 15 is 0 Å². The van der Waals surface area contributed by atoms with E-state index in [0.29, 0.717) is 17.5 Å². The highest BCUT2D eigenvalue weighted by molar-refractivity contribution is 8.45. The zero-order valence-corrected chi connectivity index (χ0v) is 20.2. The van der Waals surface area contributed by atoms with Crippen LogP contribution in [-0.4, -0.2) is 51.7 Å². The third kappa shape index (κ3) is 5.48. The summed E-state index contributed by atoms with van der Waals surface area (Å²) in [7, 11) is 0. The Hall–Kier alpha value is -3.04. The van der Waals surface area contributed by atoms with Gasteiger partial charge in [0.2, 0.25) is 5.17 Å². The van der Waals surface area contributed by atoms with Gasteiger partial charge >= 0.3 is 0 Å². The number of hydrazone groups is 1. The van der Waals surface area contributed by atoms with E-state index in [1.54, 1.807) is 6.08 Å². The van der Waals surface area contributed by atoms with Gasteiger partial charge in [0.1, 0.15) is 5.75 Å². The molecule has 2 aliphatic rings. The minimum atomic E-state index is -0.416. The number of anilines is 1. The van der Waals surface area contributed by atoms with E-state index in [0.717, 1.165) is 34.5 Å². The summed E-state index contributed by atoms with van der Waals surface area (Å²) in [5, 5.41) is 14.9. The maximum atomic E-state index is 12.6. The van der Waals surface area contributed by atoms with E-state index in [-0.39, 0.29) is 11.4 Å². The topological polar surface area (TPSA) is 81.3 Å². The van der Waals surface area contributed by atoms with Gasteiger partial charge < -0.3 is 9.64 Å². The lowest BCUT2D eigenvalue weighted by atomic mass is 10.1.